The van der Waals surface area contributed by atoms with Gasteiger partial charge in [0, 0.05) is 12.5 Å². The number of fused-ring (bicyclic) bond motifs is 1. The van der Waals surface area contributed by atoms with E-state index in [1.807, 2.05) is 0 Å². The van der Waals surface area contributed by atoms with Crippen LogP contribution in [0.5, 0.6) is 0 Å². The Kier molecular flexibility index (Phi) is 1.44. The maximum Gasteiger partial charge on any atom is 0.160 e. The van der Waals surface area contributed by atoms with Crippen molar-refractivity contribution in [3.63, 3.8) is 0 Å². The summed E-state index contributed by atoms with van der Waals surface area (Å²) >= 11 is 0. The first-order chi connectivity index (χ1) is 4.47. The van der Waals surface area contributed by atoms with Gasteiger partial charge in [0.15, 0.2) is 6.29 Å². The van der Waals surface area contributed by atoms with E-state index in [0.717, 1.165) is 13.2 Å². The van der Waals surface area contributed by atoms with Crippen molar-refractivity contribution in [3.05, 3.63) is 6.42 Å². The summed E-state index contributed by atoms with van der Waals surface area (Å²) in [5.74, 6) is 0.596. The number of ether oxygens (including phenoxy) is 2. The molecule has 2 atom stereocenters. The van der Waals surface area contributed by atoms with Gasteiger partial charge in [-0.15, -0.1) is 0 Å². The van der Waals surface area contributed by atoms with Crippen LogP contribution < -0.4 is 0 Å². The summed E-state index contributed by atoms with van der Waals surface area (Å²) in [6, 6.07) is 0. The van der Waals surface area contributed by atoms with Gasteiger partial charge in [-0.2, -0.15) is 0 Å². The maximum atomic E-state index is 5.35. The van der Waals surface area contributed by atoms with Crippen molar-refractivity contribution < 1.29 is 9.47 Å². The molecule has 2 saturated heterocycles. The zero-order valence-corrected chi connectivity index (χ0v) is 5.38. The van der Waals surface area contributed by atoms with Gasteiger partial charge in [-0.05, 0) is 19.3 Å². The molecule has 51 valence electrons. The third-order valence-corrected chi connectivity index (χ3v) is 1.97. The molecule has 2 aliphatic rings. The van der Waals surface area contributed by atoms with Crippen LogP contribution in [0.25, 0.3) is 0 Å². The Labute approximate surface area is 55.1 Å². The predicted molar refractivity (Wildman–Crippen MR) is 32.7 cm³/mol. The molecule has 0 aliphatic carbocycles. The van der Waals surface area contributed by atoms with Gasteiger partial charge in [0.1, 0.15) is 0 Å². The smallest absolute Gasteiger partial charge is 0.160 e. The van der Waals surface area contributed by atoms with E-state index in [1.165, 1.54) is 12.8 Å². The van der Waals surface area contributed by atoms with Crippen LogP contribution >= 0.6 is 0 Å². The molecule has 0 amide bonds. The first-order valence-electron chi connectivity index (χ1n) is 3.53. The van der Waals surface area contributed by atoms with E-state index in [0.29, 0.717) is 5.92 Å². The van der Waals surface area contributed by atoms with E-state index in [4.69, 9.17) is 9.47 Å². The fourth-order valence-electron chi connectivity index (χ4n) is 1.45. The average Bonchev–Trinajstić information content (AvgIpc) is 2.33. The van der Waals surface area contributed by atoms with Gasteiger partial charge in [-0.25, -0.2) is 0 Å². The molecule has 0 aromatic heterocycles. The lowest BCUT2D eigenvalue weighted by molar-refractivity contribution is -0.150. The summed E-state index contributed by atoms with van der Waals surface area (Å²) in [5, 5.41) is 0. The van der Waals surface area contributed by atoms with Gasteiger partial charge in [-0.3, -0.25) is 0 Å². The van der Waals surface area contributed by atoms with Gasteiger partial charge in [-0.1, -0.05) is 0 Å². The van der Waals surface area contributed by atoms with Crippen LogP contribution in [0.4, 0.5) is 0 Å². The molecule has 2 nitrogen and oxygen atoms in total. The van der Waals surface area contributed by atoms with Gasteiger partial charge >= 0.3 is 0 Å². The molecule has 2 rings (SSSR count). The number of hydrogen-bond donors (Lipinski definition) is 0. The first kappa shape index (κ1) is 5.69. The highest BCUT2D eigenvalue weighted by Gasteiger charge is 2.31. The summed E-state index contributed by atoms with van der Waals surface area (Å²) in [5.41, 5.74) is 0. The van der Waals surface area contributed by atoms with Crippen LogP contribution in [0.3, 0.4) is 0 Å². The normalized spacial score (nSPS) is 42.7. The van der Waals surface area contributed by atoms with Gasteiger partial charge in [0.25, 0.3) is 0 Å². The van der Waals surface area contributed by atoms with E-state index in [2.05, 4.69) is 6.42 Å². The number of hydrogen-bond acceptors (Lipinski definition) is 2. The Balaban J connectivity index is 1.97. The van der Waals surface area contributed by atoms with Crippen LogP contribution in [-0.2, 0) is 9.47 Å². The van der Waals surface area contributed by atoms with Crippen LogP contribution in [0.2, 0.25) is 0 Å². The van der Waals surface area contributed by atoms with E-state index in [-0.39, 0.29) is 6.29 Å². The Hall–Kier alpha value is -0.0800. The highest BCUT2D eigenvalue weighted by atomic mass is 16.7. The molecule has 2 fully saturated rings. The molecule has 1 radical (unpaired) electrons. The van der Waals surface area contributed by atoms with Crippen molar-refractivity contribution in [2.45, 2.75) is 19.1 Å². The Morgan fingerprint density at radius 1 is 1.33 bits per heavy atom. The molecule has 2 aliphatic heterocycles. The van der Waals surface area contributed by atoms with Crippen molar-refractivity contribution in [1.29, 1.82) is 0 Å². The Bertz CT molecular complexity index is 91.1. The van der Waals surface area contributed by atoms with Crippen LogP contribution in [0, 0.1) is 12.3 Å². The fourth-order valence-corrected chi connectivity index (χ4v) is 1.45. The van der Waals surface area contributed by atoms with E-state index >= 15 is 0 Å². The van der Waals surface area contributed by atoms with Gasteiger partial charge in [0.05, 0.1) is 6.61 Å². The second kappa shape index (κ2) is 2.27. The predicted octanol–water partition coefficient (Wildman–Crippen LogP) is 0.974. The zero-order valence-electron chi connectivity index (χ0n) is 5.38. The molecule has 9 heavy (non-hydrogen) atoms. The van der Waals surface area contributed by atoms with Crippen molar-refractivity contribution >= 4 is 0 Å². The second-order valence-electron chi connectivity index (χ2n) is 2.61. The van der Waals surface area contributed by atoms with Gasteiger partial charge < -0.3 is 9.47 Å². The highest BCUT2D eigenvalue weighted by Crippen LogP contribution is 2.28. The standard InChI is InChI=1S/C7H11O2/c1-2-6-3-5-9-7(6)8-4-1/h3,6-7H,1-2,4-5H2/t6-,7+/m0/s1. The minimum Gasteiger partial charge on any atom is -0.352 e. The lowest BCUT2D eigenvalue weighted by Crippen LogP contribution is -2.25. The molecule has 0 N–H and O–H groups in total. The molecule has 0 aromatic rings. The van der Waals surface area contributed by atoms with Crippen molar-refractivity contribution in [1.82, 2.24) is 0 Å². The third kappa shape index (κ3) is 0.970. The summed E-state index contributed by atoms with van der Waals surface area (Å²) in [4.78, 5) is 0. The molecule has 2 heterocycles. The minimum absolute atomic E-state index is 0.110. The molecular weight excluding hydrogens is 116 g/mol. The molecule has 0 unspecified atom stereocenters. The Morgan fingerprint density at radius 3 is 3.22 bits per heavy atom. The summed E-state index contributed by atoms with van der Waals surface area (Å²) in [6.45, 7) is 1.67. The topological polar surface area (TPSA) is 18.5 Å². The monoisotopic (exact) mass is 127 g/mol. The zero-order chi connectivity index (χ0) is 6.10. The highest BCUT2D eigenvalue weighted by molar-refractivity contribution is 4.86. The fraction of sp³-hybridized carbons (Fsp3) is 0.857. The summed E-state index contributed by atoms with van der Waals surface area (Å²) in [7, 11) is 0. The molecular formula is C7H11O2. The van der Waals surface area contributed by atoms with Crippen molar-refractivity contribution in [2.24, 2.45) is 5.92 Å². The molecule has 2 heteroatoms. The lowest BCUT2D eigenvalue weighted by Gasteiger charge is -2.23. The largest absolute Gasteiger partial charge is 0.352 e. The van der Waals surface area contributed by atoms with Crippen LogP contribution in [-0.4, -0.2) is 19.5 Å². The van der Waals surface area contributed by atoms with Crippen molar-refractivity contribution in [3.8, 4) is 0 Å². The summed E-state index contributed by atoms with van der Waals surface area (Å²) in [6.07, 6.45) is 4.77. The van der Waals surface area contributed by atoms with Crippen molar-refractivity contribution in [2.75, 3.05) is 13.2 Å². The van der Waals surface area contributed by atoms with Crippen LogP contribution in [0.1, 0.15) is 12.8 Å². The van der Waals surface area contributed by atoms with E-state index < -0.39 is 0 Å². The minimum atomic E-state index is 0.110. The molecule has 0 saturated carbocycles. The summed E-state index contributed by atoms with van der Waals surface area (Å²) < 4.78 is 10.6. The molecule has 0 aromatic carbocycles. The molecule has 0 bridgehead atoms. The van der Waals surface area contributed by atoms with E-state index in [1.54, 1.807) is 0 Å². The first-order valence-corrected chi connectivity index (χ1v) is 3.53. The lowest BCUT2D eigenvalue weighted by atomic mass is 10.00. The molecule has 0 spiro atoms. The second-order valence-corrected chi connectivity index (χ2v) is 2.61. The van der Waals surface area contributed by atoms with Crippen LogP contribution in [0.15, 0.2) is 0 Å². The number of rotatable bonds is 0. The third-order valence-electron chi connectivity index (χ3n) is 1.97. The SMILES string of the molecule is [CH]1CO[C@H]2OCCC[C@@H]12. The Morgan fingerprint density at radius 2 is 2.33 bits per heavy atom. The maximum absolute atomic E-state index is 5.35. The van der Waals surface area contributed by atoms with E-state index in [9.17, 15) is 0 Å². The van der Waals surface area contributed by atoms with Gasteiger partial charge in [0.2, 0.25) is 0 Å². The quantitative estimate of drug-likeness (QED) is 0.482. The average molecular weight is 127 g/mol.